The van der Waals surface area contributed by atoms with Gasteiger partial charge >= 0.3 is 24.4 Å². The molecule has 4 amide bonds. The van der Waals surface area contributed by atoms with Gasteiger partial charge in [0.1, 0.15) is 24.6 Å². The molecule has 14 heteroatoms. The van der Waals surface area contributed by atoms with Crippen LogP contribution in [0.25, 0.3) is 0 Å². The molecule has 3 aromatic carbocycles. The lowest BCUT2D eigenvalue weighted by atomic mass is 10.1. The second-order valence-electron chi connectivity index (χ2n) is 12.1. The molecule has 5 N–H and O–H groups in total. The van der Waals surface area contributed by atoms with E-state index in [1.807, 2.05) is 0 Å². The van der Waals surface area contributed by atoms with Crippen LogP contribution < -0.4 is 20.7 Å². The van der Waals surface area contributed by atoms with E-state index >= 15 is 0 Å². The number of aliphatic hydroxyl groups is 2. The van der Waals surface area contributed by atoms with Gasteiger partial charge in [-0.15, -0.1) is 0 Å². The monoisotopic (exact) mass is 680 g/mol. The van der Waals surface area contributed by atoms with Crippen molar-refractivity contribution in [2.24, 2.45) is 0 Å². The molecule has 0 atom stereocenters. The quantitative estimate of drug-likeness (QED) is 0.109. The van der Waals surface area contributed by atoms with Crippen LogP contribution in [0.1, 0.15) is 55.0 Å². The Morgan fingerprint density at radius 1 is 0.755 bits per heavy atom. The fourth-order valence-electron chi connectivity index (χ4n) is 4.32. The number of nitrogens with zero attached hydrogens (tertiary/aromatic N) is 1. The first-order chi connectivity index (χ1) is 23.3. The summed E-state index contributed by atoms with van der Waals surface area (Å²) in [6, 6.07) is 16.4. The average Bonchev–Trinajstić information content (AvgIpc) is 3.05. The van der Waals surface area contributed by atoms with Gasteiger partial charge in [0.15, 0.2) is 0 Å². The van der Waals surface area contributed by atoms with Gasteiger partial charge in [0.2, 0.25) is 0 Å². The van der Waals surface area contributed by atoms with Crippen molar-refractivity contribution < 1.29 is 48.3 Å². The van der Waals surface area contributed by atoms with Gasteiger partial charge in [-0.1, -0.05) is 29.8 Å². The zero-order valence-corrected chi connectivity index (χ0v) is 28.3. The number of nitrogens with one attached hydrogen (secondary N) is 3. The number of hydrogen-bond donors (Lipinski definition) is 5. The largest absolute Gasteiger partial charge is 0.444 e. The van der Waals surface area contributed by atoms with Crippen LogP contribution in [0.5, 0.6) is 5.75 Å². The molecule has 14 nitrogen and oxygen atoms in total. The molecule has 0 saturated heterocycles. The number of benzene rings is 3. The molecule has 0 heterocycles. The lowest BCUT2D eigenvalue weighted by Gasteiger charge is -2.24. The molecular formula is C35H44N4O10. The molecule has 49 heavy (non-hydrogen) atoms. The number of aryl methyl sites for hydroxylation is 1. The van der Waals surface area contributed by atoms with Crippen LogP contribution in [0, 0.1) is 6.92 Å². The Hall–Kier alpha value is -5.34. The van der Waals surface area contributed by atoms with Gasteiger partial charge in [-0.2, -0.15) is 0 Å². The fourth-order valence-corrected chi connectivity index (χ4v) is 4.32. The van der Waals surface area contributed by atoms with E-state index < -0.39 is 30.0 Å². The highest BCUT2D eigenvalue weighted by molar-refractivity contribution is 5.85. The van der Waals surface area contributed by atoms with Gasteiger partial charge in [-0.3, -0.25) is 10.6 Å². The lowest BCUT2D eigenvalue weighted by molar-refractivity contribution is 0.0297. The van der Waals surface area contributed by atoms with Crippen LogP contribution in [-0.4, -0.2) is 65.2 Å². The molecule has 0 aliphatic rings. The Kier molecular flexibility index (Phi) is 14.2. The summed E-state index contributed by atoms with van der Waals surface area (Å²) in [4.78, 5) is 51.7. The SMILES string of the molecule is Cc1cc(COC(=O)Nc2ccc(CO)cc2)c(OC(=O)NCCCN(C)C(=O)OC(C)(C)C)c(COC(=O)Nc2ccc(CO)cc2)c1. The second-order valence-corrected chi connectivity index (χ2v) is 12.1. The highest BCUT2D eigenvalue weighted by Gasteiger charge is 2.21. The average molecular weight is 681 g/mol. The van der Waals surface area contributed by atoms with E-state index in [-0.39, 0.29) is 38.7 Å². The third kappa shape index (κ3) is 13.4. The molecule has 0 fully saturated rings. The Morgan fingerprint density at radius 3 is 1.65 bits per heavy atom. The number of anilines is 2. The summed E-state index contributed by atoms with van der Waals surface area (Å²) < 4.78 is 21.9. The molecule has 0 spiro atoms. The van der Waals surface area contributed by atoms with Crippen LogP contribution in [0.3, 0.4) is 0 Å². The highest BCUT2D eigenvalue weighted by Crippen LogP contribution is 2.28. The minimum atomic E-state index is -0.812. The molecule has 3 rings (SSSR count). The number of aliphatic hydroxyl groups excluding tert-OH is 2. The smallest absolute Gasteiger partial charge is 0.412 e. The van der Waals surface area contributed by atoms with Crippen molar-refractivity contribution >= 4 is 35.7 Å². The number of amides is 4. The van der Waals surface area contributed by atoms with E-state index in [1.54, 1.807) is 95.4 Å². The van der Waals surface area contributed by atoms with Crippen molar-refractivity contribution in [1.82, 2.24) is 10.2 Å². The lowest BCUT2D eigenvalue weighted by Crippen LogP contribution is -2.36. The number of carbonyl (C=O) groups is 4. The van der Waals surface area contributed by atoms with Crippen molar-refractivity contribution in [2.75, 3.05) is 30.8 Å². The van der Waals surface area contributed by atoms with Crippen molar-refractivity contribution in [3.63, 3.8) is 0 Å². The third-order valence-corrected chi connectivity index (χ3v) is 6.71. The molecule has 0 aliphatic heterocycles. The summed E-state index contributed by atoms with van der Waals surface area (Å²) in [5.41, 5.74) is 3.01. The number of ether oxygens (including phenoxy) is 4. The van der Waals surface area contributed by atoms with Crippen LogP contribution in [0.15, 0.2) is 60.7 Å². The molecule has 264 valence electrons. The molecular weight excluding hydrogens is 636 g/mol. The Morgan fingerprint density at radius 2 is 1.22 bits per heavy atom. The first-order valence-corrected chi connectivity index (χ1v) is 15.6. The molecule has 0 unspecified atom stereocenters. The topological polar surface area (TPSA) is 185 Å². The molecule has 0 aliphatic carbocycles. The van der Waals surface area contributed by atoms with Crippen molar-refractivity contribution in [2.45, 2.75) is 66.1 Å². The third-order valence-electron chi connectivity index (χ3n) is 6.71. The number of hydrogen-bond acceptors (Lipinski definition) is 10. The van der Waals surface area contributed by atoms with E-state index in [2.05, 4.69) is 16.0 Å². The fraction of sp³-hybridized carbons (Fsp3) is 0.371. The van der Waals surface area contributed by atoms with Crippen molar-refractivity contribution in [3.05, 3.63) is 88.5 Å². The zero-order chi connectivity index (χ0) is 36.0. The normalized spacial score (nSPS) is 10.8. The summed E-state index contributed by atoms with van der Waals surface area (Å²) in [5, 5.41) is 26.3. The highest BCUT2D eigenvalue weighted by atomic mass is 16.6. The summed E-state index contributed by atoms with van der Waals surface area (Å²) in [5.74, 6) is 0.0363. The van der Waals surface area contributed by atoms with Crippen LogP contribution in [0.2, 0.25) is 0 Å². The van der Waals surface area contributed by atoms with Gasteiger partial charge in [0.05, 0.1) is 13.2 Å². The molecule has 0 aromatic heterocycles. The summed E-state index contributed by atoms with van der Waals surface area (Å²) in [6.07, 6.45) is -2.43. The predicted molar refractivity (Wildman–Crippen MR) is 181 cm³/mol. The zero-order valence-electron chi connectivity index (χ0n) is 28.3. The van der Waals surface area contributed by atoms with Gasteiger partial charge in [-0.25, -0.2) is 19.2 Å². The Bertz CT molecular complexity index is 1480. The van der Waals surface area contributed by atoms with Crippen LogP contribution in [0.4, 0.5) is 30.6 Å². The van der Waals surface area contributed by atoms with Gasteiger partial charge < -0.3 is 39.4 Å². The number of carbonyl (C=O) groups excluding carboxylic acids is 4. The maximum Gasteiger partial charge on any atom is 0.412 e. The molecule has 0 bridgehead atoms. The van der Waals surface area contributed by atoms with Crippen molar-refractivity contribution in [3.8, 4) is 5.75 Å². The molecule has 0 saturated carbocycles. The summed E-state index contributed by atoms with van der Waals surface area (Å²) in [7, 11) is 1.60. The van der Waals surface area contributed by atoms with E-state index in [1.165, 1.54) is 4.90 Å². The predicted octanol–water partition coefficient (Wildman–Crippen LogP) is 5.82. The van der Waals surface area contributed by atoms with Gasteiger partial charge in [0.25, 0.3) is 0 Å². The number of rotatable bonds is 13. The van der Waals surface area contributed by atoms with Gasteiger partial charge in [-0.05, 0) is 81.6 Å². The summed E-state index contributed by atoms with van der Waals surface area (Å²) >= 11 is 0. The minimum Gasteiger partial charge on any atom is -0.444 e. The van der Waals surface area contributed by atoms with E-state index in [0.29, 0.717) is 46.6 Å². The van der Waals surface area contributed by atoms with Crippen LogP contribution >= 0.6 is 0 Å². The van der Waals surface area contributed by atoms with E-state index in [0.717, 1.165) is 5.56 Å². The maximum absolute atomic E-state index is 12.9. The van der Waals surface area contributed by atoms with Crippen LogP contribution in [-0.2, 0) is 40.6 Å². The molecule has 0 radical (unpaired) electrons. The summed E-state index contributed by atoms with van der Waals surface area (Å²) in [6.45, 7) is 6.73. The second kappa shape index (κ2) is 18.3. The first-order valence-electron chi connectivity index (χ1n) is 15.6. The first kappa shape index (κ1) is 38.1. The van der Waals surface area contributed by atoms with E-state index in [4.69, 9.17) is 18.9 Å². The molecule has 3 aromatic rings. The minimum absolute atomic E-state index is 0.0363. The Labute approximate surface area is 285 Å². The Balaban J connectivity index is 1.69. The standard InChI is InChI=1S/C35H44N4O10/c1-23-17-26(21-46-32(43)37-28-11-7-24(19-40)8-12-28)30(48-31(42)36-15-6-16-39(5)34(45)49-35(2,3)4)27(18-23)22-47-33(44)38-29-13-9-25(20-41)10-14-29/h7-14,17-18,40-41H,6,15-16,19-22H2,1-5H3,(H,36,42)(H,37,43)(H,38,44). The maximum atomic E-state index is 12.9. The van der Waals surface area contributed by atoms with Crippen molar-refractivity contribution in [1.29, 1.82) is 0 Å². The van der Waals surface area contributed by atoms with E-state index in [9.17, 15) is 29.4 Å². The van der Waals surface area contributed by atoms with Gasteiger partial charge in [0, 0.05) is 42.6 Å².